The Morgan fingerprint density at radius 1 is 1.35 bits per heavy atom. The first kappa shape index (κ1) is 14.2. The van der Waals surface area contributed by atoms with Crippen LogP contribution in [-0.2, 0) is 18.4 Å². The highest BCUT2D eigenvalue weighted by molar-refractivity contribution is 5.85. The molecule has 2 rings (SSSR count). The van der Waals surface area contributed by atoms with Crippen LogP contribution in [0.5, 0.6) is 5.75 Å². The topological polar surface area (TPSA) is 40.5 Å². The van der Waals surface area contributed by atoms with Crippen LogP contribution in [0, 0.1) is 19.3 Å². The van der Waals surface area contributed by atoms with Gasteiger partial charge in [0.1, 0.15) is 12.4 Å². The molecular formula is C16H17NO3. The van der Waals surface area contributed by atoms with Gasteiger partial charge in [0.25, 0.3) is 5.56 Å². The fourth-order valence-corrected chi connectivity index (χ4v) is 2.20. The van der Waals surface area contributed by atoms with Gasteiger partial charge in [-0.1, -0.05) is 5.92 Å². The second-order valence-corrected chi connectivity index (χ2v) is 4.63. The Morgan fingerprint density at radius 2 is 2.10 bits per heavy atom. The normalized spacial score (nSPS) is 10.5. The van der Waals surface area contributed by atoms with Gasteiger partial charge < -0.3 is 14.0 Å². The van der Waals surface area contributed by atoms with Gasteiger partial charge >= 0.3 is 0 Å². The first-order valence-electron chi connectivity index (χ1n) is 6.27. The lowest BCUT2D eigenvalue weighted by Crippen LogP contribution is -2.17. The number of benzene rings is 1. The Kier molecular flexibility index (Phi) is 4.11. The zero-order chi connectivity index (χ0) is 14.7. The van der Waals surface area contributed by atoms with Crippen LogP contribution in [0.2, 0.25) is 0 Å². The number of fused-ring (bicyclic) bond motifs is 1. The van der Waals surface area contributed by atoms with Crippen LogP contribution < -0.4 is 10.3 Å². The average Bonchev–Trinajstić information content (AvgIpc) is 2.43. The van der Waals surface area contributed by atoms with Crippen molar-refractivity contribution in [1.82, 2.24) is 4.57 Å². The van der Waals surface area contributed by atoms with Crippen molar-refractivity contribution in [2.24, 2.45) is 7.05 Å². The molecule has 4 heteroatoms. The fraction of sp³-hybridized carbons (Fsp3) is 0.312. The molecule has 0 amide bonds. The molecule has 0 N–H and O–H groups in total. The molecule has 1 aromatic carbocycles. The van der Waals surface area contributed by atoms with Crippen molar-refractivity contribution in [3.8, 4) is 18.1 Å². The summed E-state index contributed by atoms with van der Waals surface area (Å²) in [6.45, 7) is 2.56. The third-order valence-electron chi connectivity index (χ3n) is 3.24. The molecule has 104 valence electrons. The molecule has 20 heavy (non-hydrogen) atoms. The molecule has 0 saturated carbocycles. The van der Waals surface area contributed by atoms with Gasteiger partial charge in [-0.2, -0.15) is 0 Å². The van der Waals surface area contributed by atoms with Gasteiger partial charge in [0.2, 0.25) is 0 Å². The van der Waals surface area contributed by atoms with E-state index in [0.717, 1.165) is 22.0 Å². The summed E-state index contributed by atoms with van der Waals surface area (Å²) in [7, 11) is 3.35. The summed E-state index contributed by atoms with van der Waals surface area (Å²) >= 11 is 0. The summed E-state index contributed by atoms with van der Waals surface area (Å²) in [6, 6.07) is 5.45. The van der Waals surface area contributed by atoms with Crippen molar-refractivity contribution < 1.29 is 9.47 Å². The van der Waals surface area contributed by atoms with Crippen LogP contribution in [-0.4, -0.2) is 18.3 Å². The Bertz CT molecular complexity index is 738. The molecule has 1 aromatic heterocycles. The maximum Gasteiger partial charge on any atom is 0.251 e. The van der Waals surface area contributed by atoms with Crippen molar-refractivity contribution >= 4 is 10.9 Å². The zero-order valence-electron chi connectivity index (χ0n) is 11.9. The van der Waals surface area contributed by atoms with E-state index in [1.807, 2.05) is 19.1 Å². The quantitative estimate of drug-likeness (QED) is 0.799. The molecule has 0 saturated heterocycles. The molecule has 2 aromatic rings. The number of aryl methyl sites for hydroxylation is 2. The van der Waals surface area contributed by atoms with Gasteiger partial charge in [-0.3, -0.25) is 4.79 Å². The Labute approximate surface area is 117 Å². The number of methoxy groups -OCH3 is 1. The molecule has 0 aliphatic rings. The molecule has 0 bridgehead atoms. The van der Waals surface area contributed by atoms with E-state index in [9.17, 15) is 4.79 Å². The maximum atomic E-state index is 12.0. The molecule has 0 unspecified atom stereocenters. The van der Waals surface area contributed by atoms with E-state index in [2.05, 4.69) is 5.92 Å². The number of hydrogen-bond donors (Lipinski definition) is 0. The Hall–Kier alpha value is -2.25. The lowest BCUT2D eigenvalue weighted by molar-refractivity contribution is 0.186. The number of nitrogens with zero attached hydrogens (tertiary/aromatic N) is 1. The molecule has 4 nitrogen and oxygen atoms in total. The summed E-state index contributed by atoms with van der Waals surface area (Å²) in [6.07, 6.45) is 5.21. The van der Waals surface area contributed by atoms with Crippen LogP contribution in [0.4, 0.5) is 0 Å². The third-order valence-corrected chi connectivity index (χ3v) is 3.24. The Balaban J connectivity index is 2.70. The first-order valence-corrected chi connectivity index (χ1v) is 6.27. The third kappa shape index (κ3) is 2.54. The van der Waals surface area contributed by atoms with Crippen LogP contribution in [0.1, 0.15) is 11.1 Å². The predicted molar refractivity (Wildman–Crippen MR) is 79.0 cm³/mol. The highest BCUT2D eigenvalue weighted by Crippen LogP contribution is 2.27. The van der Waals surface area contributed by atoms with E-state index < -0.39 is 0 Å². The fourth-order valence-electron chi connectivity index (χ4n) is 2.20. The van der Waals surface area contributed by atoms with E-state index in [4.69, 9.17) is 15.9 Å². The minimum atomic E-state index is -0.0729. The van der Waals surface area contributed by atoms with Crippen molar-refractivity contribution in [3.05, 3.63) is 39.7 Å². The molecular weight excluding hydrogens is 254 g/mol. The summed E-state index contributed by atoms with van der Waals surface area (Å²) in [5, 5.41) is 0.986. The van der Waals surface area contributed by atoms with E-state index >= 15 is 0 Å². The van der Waals surface area contributed by atoms with Crippen molar-refractivity contribution in [2.45, 2.75) is 13.5 Å². The van der Waals surface area contributed by atoms with Gasteiger partial charge in [0, 0.05) is 31.7 Å². The summed E-state index contributed by atoms with van der Waals surface area (Å²) in [4.78, 5) is 12.0. The second kappa shape index (κ2) is 5.81. The molecule has 0 aliphatic carbocycles. The average molecular weight is 271 g/mol. The molecule has 1 heterocycles. The molecule has 0 spiro atoms. The highest BCUT2D eigenvalue weighted by atomic mass is 16.5. The highest BCUT2D eigenvalue weighted by Gasteiger charge is 2.10. The zero-order valence-corrected chi connectivity index (χ0v) is 11.9. The number of pyridine rings is 1. The summed E-state index contributed by atoms with van der Waals surface area (Å²) < 4.78 is 12.3. The van der Waals surface area contributed by atoms with E-state index in [1.165, 1.54) is 0 Å². The molecule has 0 radical (unpaired) electrons. The number of aromatic nitrogens is 1. The van der Waals surface area contributed by atoms with Gasteiger partial charge in [-0.05, 0) is 24.1 Å². The van der Waals surface area contributed by atoms with E-state index in [-0.39, 0.29) is 12.2 Å². The van der Waals surface area contributed by atoms with Gasteiger partial charge in [-0.15, -0.1) is 6.42 Å². The van der Waals surface area contributed by atoms with Gasteiger partial charge in [0.05, 0.1) is 12.1 Å². The predicted octanol–water partition coefficient (Wildman–Crippen LogP) is 2.01. The van der Waals surface area contributed by atoms with E-state index in [1.54, 1.807) is 24.8 Å². The van der Waals surface area contributed by atoms with E-state index in [0.29, 0.717) is 12.4 Å². The molecule has 0 fully saturated rings. The SMILES string of the molecule is C#CCOc1cc2c(cc1C)c(COC)cc(=O)n2C. The molecule has 0 atom stereocenters. The lowest BCUT2D eigenvalue weighted by atomic mass is 10.1. The van der Waals surface area contributed by atoms with Gasteiger partial charge in [-0.25, -0.2) is 0 Å². The van der Waals surface area contributed by atoms with Crippen molar-refractivity contribution in [3.63, 3.8) is 0 Å². The van der Waals surface area contributed by atoms with Crippen LogP contribution in [0.25, 0.3) is 10.9 Å². The monoisotopic (exact) mass is 271 g/mol. The summed E-state index contributed by atoms with van der Waals surface area (Å²) in [5.74, 6) is 3.13. The van der Waals surface area contributed by atoms with Crippen LogP contribution >= 0.6 is 0 Å². The minimum Gasteiger partial charge on any atom is -0.481 e. The Morgan fingerprint density at radius 3 is 2.75 bits per heavy atom. The van der Waals surface area contributed by atoms with Crippen molar-refractivity contribution in [1.29, 1.82) is 0 Å². The van der Waals surface area contributed by atoms with Crippen molar-refractivity contribution in [2.75, 3.05) is 13.7 Å². The molecule has 0 aliphatic heterocycles. The number of ether oxygens (including phenoxy) is 2. The number of terminal acetylenes is 1. The van der Waals surface area contributed by atoms with Crippen LogP contribution in [0.15, 0.2) is 23.0 Å². The second-order valence-electron chi connectivity index (χ2n) is 4.63. The number of rotatable bonds is 4. The number of hydrogen-bond acceptors (Lipinski definition) is 3. The lowest BCUT2D eigenvalue weighted by Gasteiger charge is -2.13. The maximum absolute atomic E-state index is 12.0. The standard InChI is InChI=1S/C16H17NO3/c1-5-6-20-15-9-14-13(7-11(15)2)12(10-19-4)8-16(18)17(14)3/h1,7-9H,6,10H2,2-4H3. The smallest absolute Gasteiger partial charge is 0.251 e. The first-order chi connectivity index (χ1) is 9.58. The minimum absolute atomic E-state index is 0.0729. The van der Waals surface area contributed by atoms with Crippen LogP contribution in [0.3, 0.4) is 0 Å². The van der Waals surface area contributed by atoms with Gasteiger partial charge in [0.15, 0.2) is 0 Å². The summed E-state index contributed by atoms with van der Waals surface area (Å²) in [5.41, 5.74) is 2.58. The largest absolute Gasteiger partial charge is 0.481 e.